The second kappa shape index (κ2) is 4.69. The van der Waals surface area contributed by atoms with Crippen LogP contribution < -0.4 is 5.63 Å². The molecule has 20 heavy (non-hydrogen) atoms. The predicted octanol–water partition coefficient (Wildman–Crippen LogP) is 0.548. The molecule has 6 nitrogen and oxygen atoms in total. The molecule has 1 aromatic heterocycles. The fourth-order valence-electron chi connectivity index (χ4n) is 2.29. The van der Waals surface area contributed by atoms with Gasteiger partial charge in [0.1, 0.15) is 5.58 Å². The minimum atomic E-state index is -3.62. The molecule has 1 fully saturated rings. The van der Waals surface area contributed by atoms with Gasteiger partial charge in [-0.15, -0.1) is 0 Å². The largest absolute Gasteiger partial charge is 0.423 e. The number of hydrogen-bond acceptors (Lipinski definition) is 5. The van der Waals surface area contributed by atoms with Crippen LogP contribution in [0.4, 0.5) is 0 Å². The molecule has 0 radical (unpaired) electrons. The summed E-state index contributed by atoms with van der Waals surface area (Å²) in [6, 6.07) is 7.12. The Bertz CT molecular complexity index is 811. The topological polar surface area (TPSA) is 87.8 Å². The molecule has 7 heteroatoms. The lowest BCUT2D eigenvalue weighted by molar-refractivity contribution is 0.189. The zero-order valence-electron chi connectivity index (χ0n) is 10.5. The molecule has 0 spiro atoms. The minimum Gasteiger partial charge on any atom is -0.423 e. The predicted molar refractivity (Wildman–Crippen MR) is 71.9 cm³/mol. The van der Waals surface area contributed by atoms with E-state index in [9.17, 15) is 18.3 Å². The van der Waals surface area contributed by atoms with Crippen LogP contribution in [-0.2, 0) is 10.0 Å². The van der Waals surface area contributed by atoms with Crippen molar-refractivity contribution in [2.45, 2.75) is 17.4 Å². The van der Waals surface area contributed by atoms with Gasteiger partial charge in [0.2, 0.25) is 10.0 Å². The Morgan fingerprint density at radius 2 is 2.05 bits per heavy atom. The van der Waals surface area contributed by atoms with Crippen molar-refractivity contribution in [2.24, 2.45) is 0 Å². The van der Waals surface area contributed by atoms with Gasteiger partial charge in [-0.3, -0.25) is 0 Å². The number of aliphatic hydroxyl groups excluding tert-OH is 1. The first-order chi connectivity index (χ1) is 9.46. The fraction of sp³-hybridized carbons (Fsp3) is 0.308. The molecule has 1 atom stereocenters. The number of fused-ring (bicyclic) bond motifs is 1. The Hall–Kier alpha value is -1.70. The standard InChI is InChI=1S/C13H13NO5S/c15-10-5-6-14(8-10)20(17,18)11-2-3-12-9(7-11)1-4-13(16)19-12/h1-4,7,10,15H,5-6,8H2. The van der Waals surface area contributed by atoms with E-state index in [1.54, 1.807) is 0 Å². The summed E-state index contributed by atoms with van der Waals surface area (Å²) in [5, 5.41) is 10.0. The van der Waals surface area contributed by atoms with Gasteiger partial charge in [-0.25, -0.2) is 13.2 Å². The molecule has 0 saturated carbocycles. The summed E-state index contributed by atoms with van der Waals surface area (Å²) in [7, 11) is -3.62. The van der Waals surface area contributed by atoms with Crippen LogP contribution in [0.2, 0.25) is 0 Å². The van der Waals surface area contributed by atoms with E-state index in [1.807, 2.05) is 0 Å². The van der Waals surface area contributed by atoms with E-state index in [-0.39, 0.29) is 11.4 Å². The van der Waals surface area contributed by atoms with E-state index >= 15 is 0 Å². The Kier molecular flexibility index (Phi) is 3.12. The second-order valence-corrected chi connectivity index (χ2v) is 6.70. The van der Waals surface area contributed by atoms with E-state index in [1.165, 1.54) is 34.6 Å². The molecule has 0 bridgehead atoms. The number of sulfonamides is 1. The van der Waals surface area contributed by atoms with Gasteiger partial charge in [0, 0.05) is 24.5 Å². The first-order valence-corrected chi connectivity index (χ1v) is 7.63. The van der Waals surface area contributed by atoms with Gasteiger partial charge in [-0.05, 0) is 30.7 Å². The van der Waals surface area contributed by atoms with Crippen molar-refractivity contribution in [2.75, 3.05) is 13.1 Å². The van der Waals surface area contributed by atoms with Gasteiger partial charge < -0.3 is 9.52 Å². The third-order valence-corrected chi connectivity index (χ3v) is 5.22. The zero-order valence-corrected chi connectivity index (χ0v) is 11.3. The van der Waals surface area contributed by atoms with Crippen molar-refractivity contribution >= 4 is 21.0 Å². The average Bonchev–Trinajstić information content (AvgIpc) is 2.85. The van der Waals surface area contributed by atoms with Gasteiger partial charge in [-0.1, -0.05) is 0 Å². The number of hydrogen-bond donors (Lipinski definition) is 1. The molecule has 3 rings (SSSR count). The highest BCUT2D eigenvalue weighted by molar-refractivity contribution is 7.89. The molecule has 2 aromatic rings. The molecule has 2 heterocycles. The van der Waals surface area contributed by atoms with Gasteiger partial charge in [0.15, 0.2) is 0 Å². The Labute approximate surface area is 115 Å². The normalized spacial score (nSPS) is 20.6. The molecule has 1 aliphatic heterocycles. The van der Waals surface area contributed by atoms with Crippen molar-refractivity contribution in [3.63, 3.8) is 0 Å². The first kappa shape index (κ1) is 13.3. The zero-order chi connectivity index (χ0) is 14.3. The third kappa shape index (κ3) is 2.24. The van der Waals surface area contributed by atoms with Gasteiger partial charge >= 0.3 is 5.63 Å². The van der Waals surface area contributed by atoms with Crippen LogP contribution in [0.15, 0.2) is 44.4 Å². The summed E-state index contributed by atoms with van der Waals surface area (Å²) in [5.41, 5.74) is -0.131. The second-order valence-electron chi connectivity index (χ2n) is 4.76. The lowest BCUT2D eigenvalue weighted by Gasteiger charge is -2.15. The maximum Gasteiger partial charge on any atom is 0.336 e. The van der Waals surface area contributed by atoms with E-state index in [0.717, 1.165) is 0 Å². The van der Waals surface area contributed by atoms with Crippen molar-refractivity contribution < 1.29 is 17.9 Å². The number of aliphatic hydroxyl groups is 1. The number of nitrogens with zero attached hydrogens (tertiary/aromatic N) is 1. The molecule has 106 valence electrons. The van der Waals surface area contributed by atoms with E-state index < -0.39 is 21.8 Å². The molecule has 1 aliphatic rings. The van der Waals surface area contributed by atoms with Crippen LogP contribution in [0.1, 0.15) is 6.42 Å². The number of benzene rings is 1. The first-order valence-electron chi connectivity index (χ1n) is 6.19. The molecule has 1 N–H and O–H groups in total. The van der Waals surface area contributed by atoms with E-state index in [2.05, 4.69) is 0 Å². The quantitative estimate of drug-likeness (QED) is 0.817. The van der Waals surface area contributed by atoms with Crippen LogP contribution in [0.5, 0.6) is 0 Å². The van der Waals surface area contributed by atoms with E-state index in [4.69, 9.17) is 4.42 Å². The molecular formula is C13H13NO5S. The molecular weight excluding hydrogens is 282 g/mol. The maximum absolute atomic E-state index is 12.4. The van der Waals surface area contributed by atoms with Gasteiger partial charge in [-0.2, -0.15) is 4.31 Å². The molecule has 0 amide bonds. The Morgan fingerprint density at radius 3 is 2.75 bits per heavy atom. The average molecular weight is 295 g/mol. The molecule has 0 aliphatic carbocycles. The number of β-amino-alcohol motifs (C(OH)–C–C–N with tert-alkyl or cyclic N) is 1. The molecule has 1 saturated heterocycles. The third-order valence-electron chi connectivity index (χ3n) is 3.35. The van der Waals surface area contributed by atoms with Crippen molar-refractivity contribution in [3.05, 3.63) is 40.8 Å². The fourth-order valence-corrected chi connectivity index (χ4v) is 3.82. The van der Waals surface area contributed by atoms with E-state index in [0.29, 0.717) is 23.9 Å². The summed E-state index contributed by atoms with van der Waals surface area (Å²) in [4.78, 5) is 11.2. The van der Waals surface area contributed by atoms with Crippen LogP contribution in [0.25, 0.3) is 11.0 Å². The van der Waals surface area contributed by atoms with Crippen LogP contribution in [-0.4, -0.2) is 37.0 Å². The summed E-state index contributed by atoms with van der Waals surface area (Å²) in [6.45, 7) is 0.426. The lowest BCUT2D eigenvalue weighted by Crippen LogP contribution is -2.29. The summed E-state index contributed by atoms with van der Waals surface area (Å²) < 4.78 is 31.1. The highest BCUT2D eigenvalue weighted by Gasteiger charge is 2.31. The maximum atomic E-state index is 12.4. The van der Waals surface area contributed by atoms with Crippen molar-refractivity contribution in [1.82, 2.24) is 4.31 Å². The summed E-state index contributed by atoms with van der Waals surface area (Å²) in [5.74, 6) is 0. The Morgan fingerprint density at radius 1 is 1.25 bits per heavy atom. The van der Waals surface area contributed by atoms with Crippen LogP contribution in [0.3, 0.4) is 0 Å². The summed E-state index contributed by atoms with van der Waals surface area (Å²) >= 11 is 0. The number of rotatable bonds is 2. The Balaban J connectivity index is 2.05. The van der Waals surface area contributed by atoms with Gasteiger partial charge in [0.05, 0.1) is 11.0 Å². The van der Waals surface area contributed by atoms with Gasteiger partial charge in [0.25, 0.3) is 0 Å². The smallest absolute Gasteiger partial charge is 0.336 e. The lowest BCUT2D eigenvalue weighted by atomic mass is 10.2. The molecule has 1 aromatic carbocycles. The SMILES string of the molecule is O=c1ccc2cc(S(=O)(=O)N3CCC(O)C3)ccc2o1. The molecule has 1 unspecified atom stereocenters. The van der Waals surface area contributed by atoms with Crippen molar-refractivity contribution in [3.8, 4) is 0 Å². The monoisotopic (exact) mass is 295 g/mol. The highest BCUT2D eigenvalue weighted by atomic mass is 32.2. The summed E-state index contributed by atoms with van der Waals surface area (Å²) in [6.07, 6.45) is -0.162. The highest BCUT2D eigenvalue weighted by Crippen LogP contribution is 2.24. The minimum absolute atomic E-state index is 0.115. The van der Waals surface area contributed by atoms with Crippen LogP contribution in [0, 0.1) is 0 Å². The van der Waals surface area contributed by atoms with Crippen LogP contribution >= 0.6 is 0 Å². The van der Waals surface area contributed by atoms with Crippen molar-refractivity contribution in [1.29, 1.82) is 0 Å².